The van der Waals surface area contributed by atoms with Gasteiger partial charge < -0.3 is 9.72 Å². The summed E-state index contributed by atoms with van der Waals surface area (Å²) in [5.74, 6) is 1.24. The Morgan fingerprint density at radius 2 is 2.08 bits per heavy atom. The molecular formula is C19H24N4O2. The van der Waals surface area contributed by atoms with Gasteiger partial charge in [0.2, 0.25) is 11.8 Å². The molecule has 0 atom stereocenters. The second kappa shape index (κ2) is 7.09. The Bertz CT molecular complexity index is 859. The van der Waals surface area contributed by atoms with Gasteiger partial charge in [-0.2, -0.15) is 9.78 Å². The molecule has 3 rings (SSSR count). The summed E-state index contributed by atoms with van der Waals surface area (Å²) in [4.78, 5) is 20.1. The monoisotopic (exact) mass is 340 g/mol. The molecule has 25 heavy (non-hydrogen) atoms. The largest absolute Gasteiger partial charge is 0.407 e. The van der Waals surface area contributed by atoms with Gasteiger partial charge in [-0.25, -0.2) is 4.98 Å². The van der Waals surface area contributed by atoms with Crippen LogP contribution in [0, 0.1) is 12.8 Å². The number of H-pyrrole nitrogens is 1. The van der Waals surface area contributed by atoms with E-state index in [-0.39, 0.29) is 5.97 Å². The molecule has 0 spiro atoms. The molecule has 0 aliphatic carbocycles. The smallest absolute Gasteiger partial charge is 0.312 e. The molecule has 6 heteroatoms. The highest BCUT2D eigenvalue weighted by Crippen LogP contribution is 2.27. The molecule has 0 amide bonds. The normalized spacial score (nSPS) is 11.4. The van der Waals surface area contributed by atoms with Crippen molar-refractivity contribution in [2.45, 2.75) is 47.0 Å². The zero-order valence-electron chi connectivity index (χ0n) is 15.2. The number of para-hydroxylation sites is 2. The van der Waals surface area contributed by atoms with Crippen molar-refractivity contribution in [3.05, 3.63) is 35.5 Å². The standard InChI is InChI=1S/C19H24N4O2/c1-5-14-13(4)22-23(18(14)25-17(24)11-10-12(2)3)19-20-15-8-6-7-9-16(15)21-19/h6-9,12H,5,10-11H2,1-4H3,(H,20,21). The summed E-state index contributed by atoms with van der Waals surface area (Å²) in [7, 11) is 0. The van der Waals surface area contributed by atoms with Crippen LogP contribution in [-0.4, -0.2) is 25.7 Å². The Balaban J connectivity index is 1.97. The second-order valence-electron chi connectivity index (χ2n) is 6.62. The fourth-order valence-corrected chi connectivity index (χ4v) is 2.80. The molecule has 0 aliphatic rings. The predicted molar refractivity (Wildman–Crippen MR) is 97.0 cm³/mol. The number of fused-ring (bicyclic) bond motifs is 1. The molecule has 132 valence electrons. The number of imidazole rings is 1. The number of aryl methyl sites for hydroxylation is 1. The number of benzene rings is 1. The van der Waals surface area contributed by atoms with Crippen LogP contribution in [0.3, 0.4) is 0 Å². The average molecular weight is 340 g/mol. The third-order valence-corrected chi connectivity index (χ3v) is 4.20. The zero-order chi connectivity index (χ0) is 18.0. The number of esters is 1. The molecule has 0 fully saturated rings. The van der Waals surface area contributed by atoms with E-state index in [0.717, 1.165) is 35.1 Å². The van der Waals surface area contributed by atoms with E-state index >= 15 is 0 Å². The first kappa shape index (κ1) is 17.2. The lowest BCUT2D eigenvalue weighted by atomic mass is 10.1. The van der Waals surface area contributed by atoms with E-state index in [1.807, 2.05) is 38.1 Å². The van der Waals surface area contributed by atoms with Crippen molar-refractivity contribution in [3.8, 4) is 11.8 Å². The molecule has 2 heterocycles. The molecule has 2 aromatic heterocycles. The number of nitrogens with zero attached hydrogens (tertiary/aromatic N) is 3. The minimum Gasteiger partial charge on any atom is -0.407 e. The molecule has 0 unspecified atom stereocenters. The average Bonchev–Trinajstić information content (AvgIpc) is 3.13. The summed E-state index contributed by atoms with van der Waals surface area (Å²) in [6, 6.07) is 7.77. The van der Waals surface area contributed by atoms with Crippen molar-refractivity contribution in [1.82, 2.24) is 19.7 Å². The van der Waals surface area contributed by atoms with Gasteiger partial charge in [-0.05, 0) is 37.8 Å². The quantitative estimate of drug-likeness (QED) is 0.689. The first-order valence-corrected chi connectivity index (χ1v) is 8.73. The maximum absolute atomic E-state index is 12.3. The van der Waals surface area contributed by atoms with Crippen molar-refractivity contribution >= 4 is 17.0 Å². The summed E-state index contributed by atoms with van der Waals surface area (Å²) >= 11 is 0. The Morgan fingerprint density at radius 1 is 1.32 bits per heavy atom. The van der Waals surface area contributed by atoms with Crippen molar-refractivity contribution in [3.63, 3.8) is 0 Å². The van der Waals surface area contributed by atoms with Crippen LogP contribution in [0.25, 0.3) is 17.0 Å². The highest BCUT2D eigenvalue weighted by atomic mass is 16.5. The van der Waals surface area contributed by atoms with Gasteiger partial charge in [-0.15, -0.1) is 0 Å². The van der Waals surface area contributed by atoms with Gasteiger partial charge in [-0.3, -0.25) is 4.79 Å². The van der Waals surface area contributed by atoms with Crippen molar-refractivity contribution in [1.29, 1.82) is 0 Å². The highest BCUT2D eigenvalue weighted by Gasteiger charge is 2.21. The molecular weight excluding hydrogens is 316 g/mol. The van der Waals surface area contributed by atoms with Crippen LogP contribution in [0.5, 0.6) is 5.88 Å². The lowest BCUT2D eigenvalue weighted by Crippen LogP contribution is -2.13. The minimum atomic E-state index is -0.235. The van der Waals surface area contributed by atoms with Crippen LogP contribution in [0.2, 0.25) is 0 Å². The molecule has 6 nitrogen and oxygen atoms in total. The minimum absolute atomic E-state index is 0.235. The Labute approximate surface area is 147 Å². The van der Waals surface area contributed by atoms with Crippen LogP contribution < -0.4 is 4.74 Å². The second-order valence-corrected chi connectivity index (χ2v) is 6.62. The number of hydrogen-bond donors (Lipinski definition) is 1. The van der Waals surface area contributed by atoms with Gasteiger partial charge in [0.15, 0.2) is 0 Å². The first-order chi connectivity index (χ1) is 12.0. The van der Waals surface area contributed by atoms with Crippen LogP contribution in [0.1, 0.15) is 44.9 Å². The molecule has 1 aromatic carbocycles. The van der Waals surface area contributed by atoms with Crippen LogP contribution in [0.4, 0.5) is 0 Å². The lowest BCUT2D eigenvalue weighted by molar-refractivity contribution is -0.135. The number of ether oxygens (including phenoxy) is 1. The van der Waals surface area contributed by atoms with Gasteiger partial charge in [-0.1, -0.05) is 32.9 Å². The van der Waals surface area contributed by atoms with Gasteiger partial charge in [0.1, 0.15) is 0 Å². The van der Waals surface area contributed by atoms with Crippen molar-refractivity contribution < 1.29 is 9.53 Å². The number of aromatic amines is 1. The van der Waals surface area contributed by atoms with E-state index in [1.165, 1.54) is 0 Å². The first-order valence-electron chi connectivity index (χ1n) is 8.73. The molecule has 0 saturated heterocycles. The van der Waals surface area contributed by atoms with E-state index in [1.54, 1.807) is 4.68 Å². The molecule has 0 aliphatic heterocycles. The third kappa shape index (κ3) is 3.57. The van der Waals surface area contributed by atoms with E-state index in [9.17, 15) is 4.79 Å². The number of carbonyl (C=O) groups is 1. The molecule has 0 radical (unpaired) electrons. The van der Waals surface area contributed by atoms with E-state index in [0.29, 0.717) is 24.2 Å². The fourth-order valence-electron chi connectivity index (χ4n) is 2.80. The van der Waals surface area contributed by atoms with Gasteiger partial charge >= 0.3 is 5.97 Å². The number of rotatable bonds is 6. The van der Waals surface area contributed by atoms with Gasteiger partial charge in [0.05, 0.1) is 16.7 Å². The molecule has 3 aromatic rings. The summed E-state index contributed by atoms with van der Waals surface area (Å²) < 4.78 is 7.29. The Morgan fingerprint density at radius 3 is 2.76 bits per heavy atom. The molecule has 0 saturated carbocycles. The number of carbonyl (C=O) groups excluding carboxylic acids is 1. The van der Waals surface area contributed by atoms with Crippen LogP contribution in [-0.2, 0) is 11.2 Å². The summed E-state index contributed by atoms with van der Waals surface area (Å²) in [6.07, 6.45) is 1.93. The molecule has 1 N–H and O–H groups in total. The van der Waals surface area contributed by atoms with Crippen molar-refractivity contribution in [2.75, 3.05) is 0 Å². The fraction of sp³-hybridized carbons (Fsp3) is 0.421. The zero-order valence-corrected chi connectivity index (χ0v) is 15.2. The summed E-state index contributed by atoms with van der Waals surface area (Å²) in [6.45, 7) is 8.13. The van der Waals surface area contributed by atoms with E-state index in [4.69, 9.17) is 4.74 Å². The number of hydrogen-bond acceptors (Lipinski definition) is 4. The third-order valence-electron chi connectivity index (χ3n) is 4.20. The topological polar surface area (TPSA) is 72.8 Å². The van der Waals surface area contributed by atoms with Gasteiger partial charge in [0, 0.05) is 12.0 Å². The Kier molecular flexibility index (Phi) is 4.88. The van der Waals surface area contributed by atoms with E-state index < -0.39 is 0 Å². The summed E-state index contributed by atoms with van der Waals surface area (Å²) in [5.41, 5.74) is 3.54. The van der Waals surface area contributed by atoms with Crippen LogP contribution >= 0.6 is 0 Å². The number of nitrogens with one attached hydrogen (secondary N) is 1. The lowest BCUT2D eigenvalue weighted by Gasteiger charge is -2.08. The van der Waals surface area contributed by atoms with Crippen LogP contribution in [0.15, 0.2) is 24.3 Å². The maximum atomic E-state index is 12.3. The highest BCUT2D eigenvalue weighted by molar-refractivity contribution is 5.76. The maximum Gasteiger partial charge on any atom is 0.312 e. The van der Waals surface area contributed by atoms with Crippen molar-refractivity contribution in [2.24, 2.45) is 5.92 Å². The summed E-state index contributed by atoms with van der Waals surface area (Å²) in [5, 5.41) is 4.54. The van der Waals surface area contributed by atoms with Gasteiger partial charge in [0.25, 0.3) is 0 Å². The SMILES string of the molecule is CCc1c(C)nn(-c2nc3ccccc3[nH]2)c1OC(=O)CCC(C)C. The number of aromatic nitrogens is 4. The Hall–Kier alpha value is -2.63. The predicted octanol–water partition coefficient (Wildman–Crippen LogP) is 3.96. The molecule has 0 bridgehead atoms. The van der Waals surface area contributed by atoms with E-state index in [2.05, 4.69) is 28.9 Å².